The molecule has 140 valence electrons. The van der Waals surface area contributed by atoms with Crippen molar-refractivity contribution >= 4 is 60.2 Å². The number of benzene rings is 5. The van der Waals surface area contributed by atoms with Gasteiger partial charge in [0.15, 0.2) is 11.6 Å². The van der Waals surface area contributed by atoms with Crippen LogP contribution in [0.4, 0.5) is 0 Å². The highest BCUT2D eigenvalue weighted by molar-refractivity contribution is 6.38. The van der Waals surface area contributed by atoms with Crippen LogP contribution in [0.15, 0.2) is 97.1 Å². The maximum Gasteiger partial charge on any atom is 0.186 e. The Hall–Kier alpha value is -4.04. The molecule has 2 heteroatoms. The number of carbonyl (C=O) groups is 2. The Kier molecular flexibility index (Phi) is 3.50. The summed E-state index contributed by atoms with van der Waals surface area (Å²) in [4.78, 5) is 25.0. The van der Waals surface area contributed by atoms with E-state index in [1.54, 1.807) is 0 Å². The van der Waals surface area contributed by atoms with Crippen LogP contribution >= 0.6 is 0 Å². The molecule has 1 aliphatic carbocycles. The third kappa shape index (κ3) is 2.51. The molecule has 5 aromatic rings. The number of hydrogen-bond donors (Lipinski definition) is 0. The summed E-state index contributed by atoms with van der Waals surface area (Å²) in [5.41, 5.74) is 1.30. The Balaban J connectivity index is 1.84. The first-order chi connectivity index (χ1) is 14.7. The Morgan fingerprint density at radius 2 is 0.967 bits per heavy atom. The van der Waals surface area contributed by atoms with Crippen molar-refractivity contribution in [3.63, 3.8) is 0 Å². The van der Waals surface area contributed by atoms with Crippen molar-refractivity contribution in [3.8, 4) is 0 Å². The smallest absolute Gasteiger partial charge is 0.186 e. The number of allylic oxidation sites excluding steroid dienone is 4. The SMILES string of the molecule is O=C1C=CC(=O)C(c2c3cc4ccccc4cc3cc3cc4ccccc4cc23)=C1. The van der Waals surface area contributed by atoms with Gasteiger partial charge in [-0.2, -0.15) is 0 Å². The summed E-state index contributed by atoms with van der Waals surface area (Å²) >= 11 is 0. The van der Waals surface area contributed by atoms with Crippen molar-refractivity contribution in [3.05, 3.63) is 103 Å². The number of rotatable bonds is 1. The van der Waals surface area contributed by atoms with Crippen LogP contribution in [0.3, 0.4) is 0 Å². The minimum atomic E-state index is -0.156. The lowest BCUT2D eigenvalue weighted by molar-refractivity contribution is -0.113. The normalized spacial score (nSPS) is 14.2. The summed E-state index contributed by atoms with van der Waals surface area (Å²) in [6.07, 6.45) is 4.19. The molecule has 0 saturated heterocycles. The second kappa shape index (κ2) is 6.23. The molecule has 0 N–H and O–H groups in total. The topological polar surface area (TPSA) is 34.1 Å². The minimum Gasteiger partial charge on any atom is -0.290 e. The van der Waals surface area contributed by atoms with Gasteiger partial charge in [-0.25, -0.2) is 0 Å². The fraction of sp³-hybridized carbons (Fsp3) is 0. The van der Waals surface area contributed by atoms with Gasteiger partial charge in [-0.3, -0.25) is 9.59 Å². The van der Waals surface area contributed by atoms with Crippen molar-refractivity contribution in [2.24, 2.45) is 0 Å². The van der Waals surface area contributed by atoms with E-state index in [2.05, 4.69) is 54.6 Å². The Morgan fingerprint density at radius 1 is 0.500 bits per heavy atom. The monoisotopic (exact) mass is 384 g/mol. The quantitative estimate of drug-likeness (QED) is 0.248. The van der Waals surface area contributed by atoms with E-state index in [-0.39, 0.29) is 11.6 Å². The van der Waals surface area contributed by atoms with Gasteiger partial charge in [-0.15, -0.1) is 0 Å². The predicted octanol–water partition coefficient (Wildman–Crippen LogP) is 6.39. The first kappa shape index (κ1) is 16.9. The zero-order valence-electron chi connectivity index (χ0n) is 16.1. The van der Waals surface area contributed by atoms with Gasteiger partial charge in [0.1, 0.15) is 0 Å². The van der Waals surface area contributed by atoms with Crippen LogP contribution < -0.4 is 0 Å². The molecule has 0 aromatic heterocycles. The fourth-order valence-electron chi connectivity index (χ4n) is 4.49. The average molecular weight is 384 g/mol. The predicted molar refractivity (Wildman–Crippen MR) is 124 cm³/mol. The first-order valence-electron chi connectivity index (χ1n) is 9.94. The summed E-state index contributed by atoms with van der Waals surface area (Å²) in [6, 6.07) is 27.2. The van der Waals surface area contributed by atoms with E-state index in [9.17, 15) is 9.59 Å². The lowest BCUT2D eigenvalue weighted by atomic mass is 9.86. The van der Waals surface area contributed by atoms with E-state index in [0.717, 1.165) is 48.7 Å². The molecule has 0 atom stereocenters. The molecule has 0 heterocycles. The zero-order chi connectivity index (χ0) is 20.2. The standard InChI is InChI=1S/C28H16O2/c29-23-9-10-27(30)26(16-23)28-24-14-19-7-3-1-5-17(19)11-21(24)13-22-12-18-6-2-4-8-20(18)15-25(22)28/h1-16H. The van der Waals surface area contributed by atoms with Gasteiger partial charge < -0.3 is 0 Å². The van der Waals surface area contributed by atoms with Gasteiger partial charge in [0.05, 0.1) is 0 Å². The average Bonchev–Trinajstić information content (AvgIpc) is 2.76. The second-order valence-electron chi connectivity index (χ2n) is 7.75. The molecule has 5 aromatic carbocycles. The number of carbonyl (C=O) groups excluding carboxylic acids is 2. The number of hydrogen-bond acceptors (Lipinski definition) is 2. The molecule has 30 heavy (non-hydrogen) atoms. The molecule has 0 bridgehead atoms. The molecule has 1 aliphatic rings. The van der Waals surface area contributed by atoms with Crippen LogP contribution in [0.2, 0.25) is 0 Å². The highest BCUT2D eigenvalue weighted by Crippen LogP contribution is 2.38. The minimum absolute atomic E-state index is 0.135. The molecular weight excluding hydrogens is 368 g/mol. The summed E-state index contributed by atoms with van der Waals surface area (Å²) < 4.78 is 0. The molecule has 0 saturated carbocycles. The van der Waals surface area contributed by atoms with Gasteiger partial charge >= 0.3 is 0 Å². The molecular formula is C28H16O2. The summed E-state index contributed by atoms with van der Waals surface area (Å²) in [7, 11) is 0. The highest BCUT2D eigenvalue weighted by Gasteiger charge is 2.21. The van der Waals surface area contributed by atoms with Crippen LogP contribution in [0.25, 0.3) is 48.7 Å². The van der Waals surface area contributed by atoms with E-state index < -0.39 is 0 Å². The van der Waals surface area contributed by atoms with Crippen molar-refractivity contribution in [2.75, 3.05) is 0 Å². The third-order valence-electron chi connectivity index (χ3n) is 5.91. The molecule has 0 radical (unpaired) electrons. The first-order valence-corrected chi connectivity index (χ1v) is 9.94. The van der Waals surface area contributed by atoms with Gasteiger partial charge in [0.25, 0.3) is 0 Å². The lowest BCUT2D eigenvalue weighted by Crippen LogP contribution is -2.07. The van der Waals surface area contributed by atoms with Crippen LogP contribution in [0.5, 0.6) is 0 Å². The van der Waals surface area contributed by atoms with E-state index in [0.29, 0.717) is 5.57 Å². The summed E-state index contributed by atoms with van der Waals surface area (Å²) in [6.45, 7) is 0. The van der Waals surface area contributed by atoms with E-state index in [4.69, 9.17) is 0 Å². The summed E-state index contributed by atoms with van der Waals surface area (Å²) in [5, 5.41) is 8.60. The van der Waals surface area contributed by atoms with E-state index >= 15 is 0 Å². The van der Waals surface area contributed by atoms with Crippen LogP contribution in [0, 0.1) is 0 Å². The second-order valence-corrected chi connectivity index (χ2v) is 7.75. The van der Waals surface area contributed by atoms with Gasteiger partial charge in [-0.1, -0.05) is 48.5 Å². The van der Waals surface area contributed by atoms with Crippen molar-refractivity contribution < 1.29 is 9.59 Å². The molecule has 0 aliphatic heterocycles. The maximum atomic E-state index is 12.8. The van der Waals surface area contributed by atoms with Crippen LogP contribution in [-0.2, 0) is 9.59 Å². The lowest BCUT2D eigenvalue weighted by Gasteiger charge is -2.16. The Morgan fingerprint density at radius 3 is 1.50 bits per heavy atom. The molecule has 0 unspecified atom stereocenters. The molecule has 0 fully saturated rings. The Labute approximate surface area is 172 Å². The van der Waals surface area contributed by atoms with E-state index in [1.165, 1.54) is 18.2 Å². The van der Waals surface area contributed by atoms with Crippen LogP contribution in [0.1, 0.15) is 5.56 Å². The third-order valence-corrected chi connectivity index (χ3v) is 5.91. The van der Waals surface area contributed by atoms with Crippen molar-refractivity contribution in [2.45, 2.75) is 0 Å². The fourth-order valence-corrected chi connectivity index (χ4v) is 4.49. The Bertz CT molecular complexity index is 1520. The zero-order valence-corrected chi connectivity index (χ0v) is 16.1. The van der Waals surface area contributed by atoms with Crippen molar-refractivity contribution in [1.82, 2.24) is 0 Å². The van der Waals surface area contributed by atoms with Gasteiger partial charge in [-0.05, 0) is 91.6 Å². The summed E-state index contributed by atoms with van der Waals surface area (Å²) in [5.74, 6) is -0.291. The maximum absolute atomic E-state index is 12.8. The van der Waals surface area contributed by atoms with Gasteiger partial charge in [0.2, 0.25) is 0 Å². The van der Waals surface area contributed by atoms with Crippen LogP contribution in [-0.4, -0.2) is 11.6 Å². The number of fused-ring (bicyclic) bond motifs is 4. The van der Waals surface area contributed by atoms with Gasteiger partial charge in [0, 0.05) is 11.1 Å². The molecule has 2 nitrogen and oxygen atoms in total. The van der Waals surface area contributed by atoms with E-state index in [1.807, 2.05) is 24.3 Å². The largest absolute Gasteiger partial charge is 0.290 e. The number of ketones is 2. The highest BCUT2D eigenvalue weighted by atomic mass is 16.1. The molecule has 0 spiro atoms. The molecule has 0 amide bonds. The molecule has 6 rings (SSSR count). The van der Waals surface area contributed by atoms with Crippen molar-refractivity contribution in [1.29, 1.82) is 0 Å².